The quantitative estimate of drug-likeness (QED) is 0.546. The second-order valence-electron chi connectivity index (χ2n) is 6.00. The number of aromatic carboxylic acids is 1. The maximum Gasteiger partial charge on any atom is 0.372 e. The SMILES string of the molecule is COc1cc(OC)c(-c2c(C(=O)O)oc3cc(O)c(OC)c(O)c3c2=O)cc1OC. The minimum atomic E-state index is -1.55. The summed E-state index contributed by atoms with van der Waals surface area (Å²) in [6, 6.07) is 3.76. The largest absolute Gasteiger partial charge is 0.504 e. The van der Waals surface area contributed by atoms with Gasteiger partial charge in [-0.3, -0.25) is 4.79 Å². The number of hydrogen-bond donors (Lipinski definition) is 3. The van der Waals surface area contributed by atoms with E-state index in [1.165, 1.54) is 40.6 Å². The zero-order valence-electron chi connectivity index (χ0n) is 16.4. The van der Waals surface area contributed by atoms with Crippen molar-refractivity contribution in [3.8, 4) is 45.6 Å². The van der Waals surface area contributed by atoms with Crippen molar-refractivity contribution in [2.24, 2.45) is 0 Å². The molecule has 1 aromatic heterocycles. The third kappa shape index (κ3) is 3.08. The van der Waals surface area contributed by atoms with Crippen LogP contribution in [0.5, 0.6) is 34.5 Å². The molecule has 10 nitrogen and oxygen atoms in total. The van der Waals surface area contributed by atoms with E-state index < -0.39 is 34.2 Å². The second kappa shape index (κ2) is 7.74. The van der Waals surface area contributed by atoms with Gasteiger partial charge in [0.1, 0.15) is 16.7 Å². The Morgan fingerprint density at radius 2 is 1.50 bits per heavy atom. The molecule has 2 aromatic carbocycles. The van der Waals surface area contributed by atoms with Gasteiger partial charge in [-0.05, 0) is 6.07 Å². The summed E-state index contributed by atoms with van der Waals surface area (Å²) in [5, 5.41) is 29.7. The Balaban J connectivity index is 2.53. The molecule has 10 heteroatoms. The summed E-state index contributed by atoms with van der Waals surface area (Å²) in [6.07, 6.45) is 0. The van der Waals surface area contributed by atoms with E-state index in [1.807, 2.05) is 0 Å². The lowest BCUT2D eigenvalue weighted by Gasteiger charge is -2.16. The first-order chi connectivity index (χ1) is 14.3. The molecule has 158 valence electrons. The van der Waals surface area contributed by atoms with Crippen molar-refractivity contribution in [3.63, 3.8) is 0 Å². The first-order valence-electron chi connectivity index (χ1n) is 8.42. The Hall–Kier alpha value is -4.08. The van der Waals surface area contributed by atoms with Crippen molar-refractivity contribution < 1.29 is 43.5 Å². The predicted molar refractivity (Wildman–Crippen MR) is 104 cm³/mol. The van der Waals surface area contributed by atoms with Crippen molar-refractivity contribution in [1.82, 2.24) is 0 Å². The number of phenols is 2. The molecule has 0 unspecified atom stereocenters. The number of ether oxygens (including phenoxy) is 4. The Morgan fingerprint density at radius 3 is 2.03 bits per heavy atom. The Kier molecular flexibility index (Phi) is 5.33. The van der Waals surface area contributed by atoms with Crippen LogP contribution in [0.3, 0.4) is 0 Å². The third-order valence-corrected chi connectivity index (χ3v) is 4.47. The molecule has 3 N–H and O–H groups in total. The molecule has 0 aliphatic rings. The van der Waals surface area contributed by atoms with Crippen LogP contribution in [0.15, 0.2) is 27.4 Å². The van der Waals surface area contributed by atoms with Crippen molar-refractivity contribution in [2.45, 2.75) is 0 Å². The molecule has 0 amide bonds. The Bertz CT molecular complexity index is 1210. The molecule has 0 bridgehead atoms. The van der Waals surface area contributed by atoms with Gasteiger partial charge in [0, 0.05) is 17.7 Å². The average molecular weight is 418 g/mol. The fourth-order valence-electron chi connectivity index (χ4n) is 3.12. The third-order valence-electron chi connectivity index (χ3n) is 4.47. The van der Waals surface area contributed by atoms with Crippen LogP contribution in [0.4, 0.5) is 0 Å². The van der Waals surface area contributed by atoms with Crippen molar-refractivity contribution in [2.75, 3.05) is 28.4 Å². The topological polar surface area (TPSA) is 145 Å². The van der Waals surface area contributed by atoms with Gasteiger partial charge in [-0.25, -0.2) is 4.79 Å². The molecule has 3 aromatic rings. The Morgan fingerprint density at radius 1 is 0.900 bits per heavy atom. The zero-order valence-corrected chi connectivity index (χ0v) is 16.4. The number of carboxylic acid groups (broad SMARTS) is 1. The average Bonchev–Trinajstić information content (AvgIpc) is 2.72. The number of phenolic OH excluding ortho intramolecular Hbond substituents is 2. The zero-order chi connectivity index (χ0) is 22.2. The molecule has 0 aliphatic heterocycles. The van der Waals surface area contributed by atoms with Gasteiger partial charge in [0.2, 0.25) is 16.9 Å². The maximum atomic E-state index is 13.3. The smallest absolute Gasteiger partial charge is 0.372 e. The molecule has 0 fully saturated rings. The van der Waals surface area contributed by atoms with Crippen LogP contribution >= 0.6 is 0 Å². The monoisotopic (exact) mass is 418 g/mol. The molecule has 3 rings (SSSR count). The van der Waals surface area contributed by atoms with Crippen LogP contribution in [0, 0.1) is 0 Å². The van der Waals surface area contributed by atoms with Gasteiger partial charge in [-0.15, -0.1) is 0 Å². The van der Waals surface area contributed by atoms with Crippen LogP contribution < -0.4 is 24.4 Å². The number of fused-ring (bicyclic) bond motifs is 1. The number of rotatable bonds is 6. The highest BCUT2D eigenvalue weighted by Gasteiger charge is 2.28. The van der Waals surface area contributed by atoms with Gasteiger partial charge in [0.05, 0.1) is 34.0 Å². The highest BCUT2D eigenvalue weighted by atomic mass is 16.5. The molecule has 0 saturated carbocycles. The fraction of sp³-hybridized carbons (Fsp3) is 0.200. The minimum Gasteiger partial charge on any atom is -0.504 e. The van der Waals surface area contributed by atoms with E-state index in [2.05, 4.69) is 0 Å². The van der Waals surface area contributed by atoms with E-state index in [0.29, 0.717) is 0 Å². The molecular formula is C20H18O10. The Labute approximate surface area is 169 Å². The summed E-state index contributed by atoms with van der Waals surface area (Å²) in [5.74, 6) is -3.25. The summed E-state index contributed by atoms with van der Waals surface area (Å²) in [7, 11) is 5.29. The number of aromatic hydroxyl groups is 2. The van der Waals surface area contributed by atoms with E-state index >= 15 is 0 Å². The van der Waals surface area contributed by atoms with Crippen LogP contribution in [-0.2, 0) is 0 Å². The number of carbonyl (C=O) groups is 1. The molecule has 0 spiro atoms. The van der Waals surface area contributed by atoms with Gasteiger partial charge in [-0.2, -0.15) is 0 Å². The molecule has 0 atom stereocenters. The lowest BCUT2D eigenvalue weighted by atomic mass is 9.99. The van der Waals surface area contributed by atoms with Gasteiger partial charge in [0.15, 0.2) is 23.0 Å². The maximum absolute atomic E-state index is 13.3. The highest BCUT2D eigenvalue weighted by molar-refractivity contribution is 6.00. The lowest BCUT2D eigenvalue weighted by molar-refractivity contribution is 0.0664. The van der Waals surface area contributed by atoms with Crippen molar-refractivity contribution in [3.05, 3.63) is 34.2 Å². The van der Waals surface area contributed by atoms with Gasteiger partial charge < -0.3 is 38.7 Å². The number of methoxy groups -OCH3 is 4. The summed E-state index contributed by atoms with van der Waals surface area (Å²) in [6.45, 7) is 0. The molecule has 1 heterocycles. The van der Waals surface area contributed by atoms with Crippen LogP contribution in [0.25, 0.3) is 22.1 Å². The van der Waals surface area contributed by atoms with Gasteiger partial charge >= 0.3 is 5.97 Å². The lowest BCUT2D eigenvalue weighted by Crippen LogP contribution is -2.14. The standard InChI is InChI=1S/C20H18O10/c1-26-10-7-12(28-3)11(27-2)5-8(10)14-16(22)15-13(30-19(14)20(24)25)6-9(21)18(29-4)17(15)23/h5-7,21,23H,1-4H3,(H,24,25). The van der Waals surface area contributed by atoms with E-state index in [4.69, 9.17) is 23.4 Å². The summed E-state index contributed by atoms with van der Waals surface area (Å²) in [5.41, 5.74) is -1.57. The molecule has 0 aliphatic carbocycles. The van der Waals surface area contributed by atoms with Gasteiger partial charge in [-0.1, -0.05) is 0 Å². The van der Waals surface area contributed by atoms with E-state index in [9.17, 15) is 24.9 Å². The number of benzene rings is 2. The minimum absolute atomic E-state index is 0.0367. The molecule has 0 radical (unpaired) electrons. The first kappa shape index (κ1) is 20.6. The van der Waals surface area contributed by atoms with E-state index in [0.717, 1.165) is 6.07 Å². The first-order valence-corrected chi connectivity index (χ1v) is 8.42. The van der Waals surface area contributed by atoms with Crippen LogP contribution in [0.1, 0.15) is 10.6 Å². The van der Waals surface area contributed by atoms with E-state index in [1.54, 1.807) is 0 Å². The molecule has 0 saturated heterocycles. The van der Waals surface area contributed by atoms with E-state index in [-0.39, 0.29) is 39.5 Å². The molecule has 30 heavy (non-hydrogen) atoms. The normalized spacial score (nSPS) is 10.7. The van der Waals surface area contributed by atoms with Gasteiger partial charge in [0.25, 0.3) is 0 Å². The number of carboxylic acids is 1. The summed E-state index contributed by atoms with van der Waals surface area (Å²) in [4.78, 5) is 25.2. The second-order valence-corrected chi connectivity index (χ2v) is 6.00. The summed E-state index contributed by atoms with van der Waals surface area (Å²) >= 11 is 0. The van der Waals surface area contributed by atoms with Crippen LogP contribution in [0.2, 0.25) is 0 Å². The highest BCUT2D eigenvalue weighted by Crippen LogP contribution is 2.44. The molecular weight excluding hydrogens is 400 g/mol. The predicted octanol–water partition coefficient (Wildman–Crippen LogP) is 2.60. The summed E-state index contributed by atoms with van der Waals surface area (Å²) < 4.78 is 26.0. The number of hydrogen-bond acceptors (Lipinski definition) is 9. The van der Waals surface area contributed by atoms with Crippen LogP contribution in [-0.4, -0.2) is 49.7 Å². The van der Waals surface area contributed by atoms with Crippen molar-refractivity contribution in [1.29, 1.82) is 0 Å². The fourth-order valence-corrected chi connectivity index (χ4v) is 3.12. The van der Waals surface area contributed by atoms with Crippen molar-refractivity contribution >= 4 is 16.9 Å².